The summed E-state index contributed by atoms with van der Waals surface area (Å²) in [5.41, 5.74) is 7.22. The monoisotopic (exact) mass is 247 g/mol. The fourth-order valence-corrected chi connectivity index (χ4v) is 1.52. The second-order valence-corrected chi connectivity index (χ2v) is 4.23. The van der Waals surface area contributed by atoms with Crippen LogP contribution in [0, 0.1) is 0 Å². The largest absolute Gasteiger partial charge is 0.463 e. The van der Waals surface area contributed by atoms with Crippen molar-refractivity contribution in [3.63, 3.8) is 0 Å². The zero-order valence-electron chi connectivity index (χ0n) is 10.9. The Balaban J connectivity index is 2.25. The van der Waals surface area contributed by atoms with E-state index in [1.807, 2.05) is 12.1 Å². The molecule has 3 heteroatoms. The van der Waals surface area contributed by atoms with Crippen molar-refractivity contribution >= 4 is 17.7 Å². The molecule has 1 aromatic rings. The lowest BCUT2D eigenvalue weighted by Crippen LogP contribution is -2.02. The Morgan fingerprint density at radius 3 is 2.61 bits per heavy atom. The first-order chi connectivity index (χ1) is 8.72. The number of ether oxygens (including phenoxy) is 1. The number of nitrogen functional groups attached to an aromatic ring is 1. The van der Waals surface area contributed by atoms with E-state index in [-0.39, 0.29) is 5.97 Å². The second-order valence-electron chi connectivity index (χ2n) is 4.23. The maximum absolute atomic E-state index is 11.4. The van der Waals surface area contributed by atoms with Gasteiger partial charge >= 0.3 is 5.97 Å². The summed E-state index contributed by atoms with van der Waals surface area (Å²) in [6, 6.07) is 7.33. The molecule has 0 unspecified atom stereocenters. The predicted octanol–water partition coefficient (Wildman–Crippen LogP) is 3.41. The summed E-state index contributed by atoms with van der Waals surface area (Å²) in [6.07, 6.45) is 7.61. The number of rotatable bonds is 7. The highest BCUT2D eigenvalue weighted by molar-refractivity contribution is 5.87. The summed E-state index contributed by atoms with van der Waals surface area (Å²) < 4.78 is 5.08. The van der Waals surface area contributed by atoms with Gasteiger partial charge in [-0.1, -0.05) is 38.3 Å². The predicted molar refractivity (Wildman–Crippen MR) is 75.0 cm³/mol. The molecule has 2 N–H and O–H groups in total. The quantitative estimate of drug-likeness (QED) is 0.348. The molecule has 1 aromatic carbocycles. The Labute approximate surface area is 109 Å². The molecule has 0 amide bonds. The Morgan fingerprint density at radius 1 is 1.22 bits per heavy atom. The van der Waals surface area contributed by atoms with Gasteiger partial charge in [-0.15, -0.1) is 0 Å². The minimum Gasteiger partial charge on any atom is -0.463 e. The lowest BCUT2D eigenvalue weighted by atomic mass is 10.2. The average Bonchev–Trinajstić information content (AvgIpc) is 2.38. The van der Waals surface area contributed by atoms with Gasteiger partial charge in [0.05, 0.1) is 6.61 Å². The molecule has 0 radical (unpaired) electrons. The van der Waals surface area contributed by atoms with Gasteiger partial charge in [-0.2, -0.15) is 0 Å². The first kappa shape index (κ1) is 14.3. The zero-order valence-corrected chi connectivity index (χ0v) is 10.9. The van der Waals surface area contributed by atoms with Crippen molar-refractivity contribution in [1.29, 1.82) is 0 Å². The molecule has 0 atom stereocenters. The van der Waals surface area contributed by atoms with Crippen LogP contribution in [0.2, 0.25) is 0 Å². The lowest BCUT2D eigenvalue weighted by Gasteiger charge is -2.01. The van der Waals surface area contributed by atoms with Crippen molar-refractivity contribution in [3.8, 4) is 0 Å². The van der Waals surface area contributed by atoms with E-state index in [2.05, 4.69) is 6.92 Å². The molecular weight excluding hydrogens is 226 g/mol. The fourth-order valence-electron chi connectivity index (χ4n) is 1.52. The van der Waals surface area contributed by atoms with Crippen molar-refractivity contribution in [1.82, 2.24) is 0 Å². The van der Waals surface area contributed by atoms with E-state index < -0.39 is 0 Å². The number of nitrogens with two attached hydrogens (primary N) is 1. The van der Waals surface area contributed by atoms with E-state index >= 15 is 0 Å². The topological polar surface area (TPSA) is 52.3 Å². The van der Waals surface area contributed by atoms with E-state index in [0.717, 1.165) is 18.4 Å². The van der Waals surface area contributed by atoms with Crippen LogP contribution < -0.4 is 5.73 Å². The SMILES string of the molecule is CCCCCCOC(=O)/C=C/c1ccc(N)cc1. The summed E-state index contributed by atoms with van der Waals surface area (Å²) >= 11 is 0. The van der Waals surface area contributed by atoms with Gasteiger partial charge in [0.2, 0.25) is 0 Å². The van der Waals surface area contributed by atoms with E-state index in [0.29, 0.717) is 12.3 Å². The first-order valence-corrected chi connectivity index (χ1v) is 6.42. The van der Waals surface area contributed by atoms with Gasteiger partial charge < -0.3 is 10.5 Å². The summed E-state index contributed by atoms with van der Waals surface area (Å²) in [6.45, 7) is 2.66. The van der Waals surface area contributed by atoms with Gasteiger partial charge in [0.25, 0.3) is 0 Å². The molecule has 0 saturated heterocycles. The van der Waals surface area contributed by atoms with Gasteiger partial charge in [-0.3, -0.25) is 0 Å². The van der Waals surface area contributed by atoms with E-state index in [9.17, 15) is 4.79 Å². The summed E-state index contributed by atoms with van der Waals surface area (Å²) in [5, 5.41) is 0. The number of hydrogen-bond donors (Lipinski definition) is 1. The van der Waals surface area contributed by atoms with Gasteiger partial charge in [0.15, 0.2) is 0 Å². The molecule has 0 aliphatic heterocycles. The summed E-state index contributed by atoms with van der Waals surface area (Å²) in [4.78, 5) is 11.4. The van der Waals surface area contributed by atoms with Crippen molar-refractivity contribution in [3.05, 3.63) is 35.9 Å². The molecule has 0 aromatic heterocycles. The van der Waals surface area contributed by atoms with E-state index in [4.69, 9.17) is 10.5 Å². The van der Waals surface area contributed by atoms with Crippen LogP contribution in [-0.2, 0) is 9.53 Å². The molecule has 0 saturated carbocycles. The standard InChI is InChI=1S/C15H21NO2/c1-2-3-4-5-12-18-15(17)11-8-13-6-9-14(16)10-7-13/h6-11H,2-5,12,16H2,1H3/b11-8+. The third-order valence-corrected chi connectivity index (χ3v) is 2.59. The minimum atomic E-state index is -0.289. The molecule has 0 aliphatic rings. The smallest absolute Gasteiger partial charge is 0.330 e. The molecular formula is C15H21NO2. The number of carbonyl (C=O) groups is 1. The third-order valence-electron chi connectivity index (χ3n) is 2.59. The summed E-state index contributed by atoms with van der Waals surface area (Å²) in [5.74, 6) is -0.289. The highest BCUT2D eigenvalue weighted by atomic mass is 16.5. The molecule has 98 valence electrons. The zero-order chi connectivity index (χ0) is 13.2. The Morgan fingerprint density at radius 2 is 1.94 bits per heavy atom. The molecule has 3 nitrogen and oxygen atoms in total. The first-order valence-electron chi connectivity index (χ1n) is 6.42. The third kappa shape index (κ3) is 6.09. The Hall–Kier alpha value is -1.77. The highest BCUT2D eigenvalue weighted by Crippen LogP contribution is 2.07. The Kier molecular flexibility index (Phi) is 6.62. The number of hydrogen-bond acceptors (Lipinski definition) is 3. The van der Waals surface area contributed by atoms with Gasteiger partial charge in [-0.05, 0) is 30.2 Å². The van der Waals surface area contributed by atoms with Gasteiger partial charge in [-0.25, -0.2) is 4.79 Å². The number of carbonyl (C=O) groups excluding carboxylic acids is 1. The molecule has 0 spiro atoms. The molecule has 0 aliphatic carbocycles. The van der Waals surface area contributed by atoms with Crippen LogP contribution in [0.4, 0.5) is 5.69 Å². The maximum atomic E-state index is 11.4. The van der Waals surface area contributed by atoms with E-state index in [1.165, 1.54) is 18.9 Å². The van der Waals surface area contributed by atoms with E-state index in [1.54, 1.807) is 18.2 Å². The van der Waals surface area contributed by atoms with Crippen molar-refractivity contribution in [2.45, 2.75) is 32.6 Å². The van der Waals surface area contributed by atoms with Gasteiger partial charge in [0.1, 0.15) is 0 Å². The Bertz CT molecular complexity index is 382. The van der Waals surface area contributed by atoms with Crippen LogP contribution >= 0.6 is 0 Å². The number of unbranched alkanes of at least 4 members (excludes halogenated alkanes) is 3. The van der Waals surface area contributed by atoms with Crippen LogP contribution in [0.1, 0.15) is 38.2 Å². The van der Waals surface area contributed by atoms with Crippen LogP contribution in [0.5, 0.6) is 0 Å². The van der Waals surface area contributed by atoms with Crippen LogP contribution in [0.15, 0.2) is 30.3 Å². The molecule has 0 heterocycles. The molecule has 0 bridgehead atoms. The number of anilines is 1. The van der Waals surface area contributed by atoms with Crippen molar-refractivity contribution in [2.75, 3.05) is 12.3 Å². The van der Waals surface area contributed by atoms with Crippen LogP contribution in [-0.4, -0.2) is 12.6 Å². The average molecular weight is 247 g/mol. The van der Waals surface area contributed by atoms with Crippen molar-refractivity contribution < 1.29 is 9.53 Å². The van der Waals surface area contributed by atoms with Crippen LogP contribution in [0.25, 0.3) is 6.08 Å². The molecule has 18 heavy (non-hydrogen) atoms. The van der Waals surface area contributed by atoms with Crippen molar-refractivity contribution in [2.24, 2.45) is 0 Å². The van der Waals surface area contributed by atoms with Crippen LogP contribution in [0.3, 0.4) is 0 Å². The number of esters is 1. The highest BCUT2D eigenvalue weighted by Gasteiger charge is 1.96. The lowest BCUT2D eigenvalue weighted by molar-refractivity contribution is -0.137. The maximum Gasteiger partial charge on any atom is 0.330 e. The normalized spacial score (nSPS) is 10.7. The fraction of sp³-hybridized carbons (Fsp3) is 0.400. The minimum absolute atomic E-state index is 0.289. The second kappa shape index (κ2) is 8.34. The summed E-state index contributed by atoms with van der Waals surface area (Å²) in [7, 11) is 0. The van der Waals surface area contributed by atoms with Gasteiger partial charge in [0, 0.05) is 11.8 Å². The molecule has 0 fully saturated rings. The molecule has 1 rings (SSSR count). The number of benzene rings is 1.